The van der Waals surface area contributed by atoms with Crippen molar-refractivity contribution in [1.82, 2.24) is 26.6 Å². The number of carbonyl (C=O) groups excluding carboxylic acids is 1. The van der Waals surface area contributed by atoms with Crippen molar-refractivity contribution in [3.8, 4) is 0 Å². The number of hydrogen-bond donors (Lipinski definition) is 5. The van der Waals surface area contributed by atoms with E-state index in [4.69, 9.17) is 0 Å². The quantitative estimate of drug-likeness (QED) is 0.400. The number of carbonyl (C=O) groups is 1. The summed E-state index contributed by atoms with van der Waals surface area (Å²) in [7, 11) is 0. The van der Waals surface area contributed by atoms with Crippen LogP contribution in [0.25, 0.3) is 0 Å². The van der Waals surface area contributed by atoms with Gasteiger partial charge in [-0.25, -0.2) is 0 Å². The van der Waals surface area contributed by atoms with Gasteiger partial charge in [-0.3, -0.25) is 25.5 Å². The van der Waals surface area contributed by atoms with E-state index in [0.717, 1.165) is 48.2 Å². The third-order valence-electron chi connectivity index (χ3n) is 5.18. The molecular weight excluding hydrogens is 380 g/mol. The summed E-state index contributed by atoms with van der Waals surface area (Å²) in [6.45, 7) is 2.63. The number of benzene rings is 1. The molecule has 5 N–H and O–H groups in total. The van der Waals surface area contributed by atoms with Gasteiger partial charge < -0.3 is 10.4 Å². The Balaban J connectivity index is 1.55. The summed E-state index contributed by atoms with van der Waals surface area (Å²) >= 11 is 0. The van der Waals surface area contributed by atoms with Crippen LogP contribution >= 0.6 is 0 Å². The number of aliphatic hydroxyl groups is 1. The van der Waals surface area contributed by atoms with Crippen LogP contribution in [0.5, 0.6) is 0 Å². The molecule has 1 atom stereocenters. The van der Waals surface area contributed by atoms with Crippen molar-refractivity contribution >= 4 is 11.6 Å². The summed E-state index contributed by atoms with van der Waals surface area (Å²) in [4.78, 5) is 16.7. The van der Waals surface area contributed by atoms with Crippen molar-refractivity contribution in [1.29, 1.82) is 0 Å². The van der Waals surface area contributed by atoms with E-state index in [9.17, 15) is 9.90 Å². The predicted octanol–water partition coefficient (Wildman–Crippen LogP) is 1.42. The second-order valence-corrected chi connectivity index (χ2v) is 7.57. The van der Waals surface area contributed by atoms with E-state index in [1.165, 1.54) is 0 Å². The van der Waals surface area contributed by atoms with E-state index < -0.39 is 6.23 Å². The Morgan fingerprint density at radius 2 is 2.17 bits per heavy atom. The normalized spacial score (nSPS) is 16.7. The monoisotopic (exact) mass is 408 g/mol. The number of aryl methyl sites for hydroxylation is 2. The van der Waals surface area contributed by atoms with Crippen LogP contribution in [0.4, 0.5) is 5.69 Å². The summed E-state index contributed by atoms with van der Waals surface area (Å²) in [5.74, 6) is -0.110. The molecule has 1 aliphatic carbocycles. The Morgan fingerprint density at radius 3 is 2.90 bits per heavy atom. The van der Waals surface area contributed by atoms with Crippen LogP contribution in [0.15, 0.2) is 54.5 Å². The molecule has 2 aromatic rings. The van der Waals surface area contributed by atoms with E-state index in [-0.39, 0.29) is 5.91 Å². The predicted molar refractivity (Wildman–Crippen MR) is 115 cm³/mol. The number of amides is 1. The highest BCUT2D eigenvalue weighted by atomic mass is 16.3. The highest BCUT2D eigenvalue weighted by Crippen LogP contribution is 2.27. The molecule has 0 radical (unpaired) electrons. The van der Waals surface area contributed by atoms with Gasteiger partial charge in [-0.05, 0) is 67.6 Å². The fraction of sp³-hybridized carbons (Fsp3) is 0.364. The molecule has 4 rings (SSSR count). The van der Waals surface area contributed by atoms with Gasteiger partial charge in [0.2, 0.25) is 0 Å². The number of nitrogens with one attached hydrogen (secondary N) is 4. The maximum Gasteiger partial charge on any atom is 0.270 e. The molecular formula is C22H28N6O2. The molecule has 8 heteroatoms. The molecule has 158 valence electrons. The summed E-state index contributed by atoms with van der Waals surface area (Å²) in [5, 5.41) is 18.2. The van der Waals surface area contributed by atoms with Crippen molar-refractivity contribution in [2.24, 2.45) is 0 Å². The third kappa shape index (κ3) is 4.96. The van der Waals surface area contributed by atoms with Crippen LogP contribution in [0, 0.1) is 0 Å². The molecule has 0 spiro atoms. The maximum atomic E-state index is 12.3. The molecule has 2 aliphatic rings. The minimum atomic E-state index is -0.724. The molecule has 1 aliphatic heterocycles. The Bertz CT molecular complexity index is 913. The number of rotatable bonds is 9. The average Bonchev–Trinajstić information content (AvgIpc) is 3.44. The number of aliphatic hydroxyl groups excluding tert-OH is 1. The topological polar surface area (TPSA) is 102 Å². The number of anilines is 1. The van der Waals surface area contributed by atoms with E-state index in [1.54, 1.807) is 17.4 Å². The molecule has 8 nitrogen and oxygen atoms in total. The zero-order chi connectivity index (χ0) is 20.9. The van der Waals surface area contributed by atoms with E-state index >= 15 is 0 Å². The van der Waals surface area contributed by atoms with Gasteiger partial charge in [-0.1, -0.05) is 19.1 Å². The number of pyridine rings is 1. The lowest BCUT2D eigenvalue weighted by atomic mass is 10.0. The Morgan fingerprint density at radius 1 is 1.30 bits per heavy atom. The fourth-order valence-corrected chi connectivity index (χ4v) is 3.38. The van der Waals surface area contributed by atoms with Gasteiger partial charge in [0, 0.05) is 17.9 Å². The highest BCUT2D eigenvalue weighted by molar-refractivity contribution is 5.94. The lowest BCUT2D eigenvalue weighted by Gasteiger charge is -2.21. The van der Waals surface area contributed by atoms with Crippen molar-refractivity contribution in [3.05, 3.63) is 71.3 Å². The number of hydrazine groups is 2. The number of nitrogens with zero attached hydrogens (tertiary/aromatic N) is 2. The fourth-order valence-electron chi connectivity index (χ4n) is 3.38. The van der Waals surface area contributed by atoms with Gasteiger partial charge >= 0.3 is 0 Å². The van der Waals surface area contributed by atoms with Gasteiger partial charge in [0.05, 0.1) is 11.9 Å². The van der Waals surface area contributed by atoms with Crippen LogP contribution in [-0.2, 0) is 17.6 Å². The zero-order valence-corrected chi connectivity index (χ0v) is 17.1. The lowest BCUT2D eigenvalue weighted by Crippen LogP contribution is -2.40. The largest absolute Gasteiger partial charge is 0.374 e. The van der Waals surface area contributed by atoms with Crippen LogP contribution in [0.2, 0.25) is 0 Å². The van der Waals surface area contributed by atoms with E-state index in [2.05, 4.69) is 26.6 Å². The smallest absolute Gasteiger partial charge is 0.270 e. The summed E-state index contributed by atoms with van der Waals surface area (Å²) in [6, 6.07) is 12.0. The first-order valence-corrected chi connectivity index (χ1v) is 10.4. The van der Waals surface area contributed by atoms with Crippen molar-refractivity contribution in [3.63, 3.8) is 0 Å². The van der Waals surface area contributed by atoms with Gasteiger partial charge in [-0.15, -0.1) is 5.53 Å². The Hall–Kier alpha value is -2.94. The average molecular weight is 409 g/mol. The summed E-state index contributed by atoms with van der Waals surface area (Å²) in [6.07, 6.45) is 6.44. The third-order valence-corrected chi connectivity index (χ3v) is 5.18. The maximum absolute atomic E-state index is 12.3. The van der Waals surface area contributed by atoms with E-state index in [0.29, 0.717) is 18.3 Å². The number of hydrogen-bond acceptors (Lipinski definition) is 7. The van der Waals surface area contributed by atoms with Crippen molar-refractivity contribution in [2.45, 2.75) is 44.9 Å². The van der Waals surface area contributed by atoms with Gasteiger partial charge in [0.15, 0.2) is 0 Å². The standard InChI is InChI=1S/C22H28N6O2/c1-2-23-21(29)16-7-11-20(15(13-16)6-8-17-5-3-4-12-24-17)28-14-19(26-27-28)22(30)25-18-9-10-18/h3-5,7,11-14,18,21,23,26-27,29H,2,6,8-10H2,1H3,(H,25,30). The molecule has 1 aromatic carbocycles. The first kappa shape index (κ1) is 20.3. The van der Waals surface area contributed by atoms with Crippen molar-refractivity contribution < 1.29 is 9.90 Å². The Labute approximate surface area is 176 Å². The van der Waals surface area contributed by atoms with E-state index in [1.807, 2.05) is 43.3 Å². The minimum absolute atomic E-state index is 0.110. The molecule has 1 aromatic heterocycles. The molecule has 1 unspecified atom stereocenters. The van der Waals surface area contributed by atoms with Crippen LogP contribution in [-0.4, -0.2) is 28.6 Å². The zero-order valence-electron chi connectivity index (χ0n) is 17.1. The molecule has 0 saturated heterocycles. The number of aromatic nitrogens is 1. The minimum Gasteiger partial charge on any atom is -0.374 e. The van der Waals surface area contributed by atoms with Gasteiger partial charge in [0.25, 0.3) is 5.91 Å². The second-order valence-electron chi connectivity index (χ2n) is 7.57. The molecule has 1 amide bonds. The summed E-state index contributed by atoms with van der Waals surface area (Å²) in [5.41, 5.74) is 10.3. The van der Waals surface area contributed by atoms with Crippen LogP contribution in [0.1, 0.15) is 42.8 Å². The first-order chi connectivity index (χ1) is 14.6. The highest BCUT2D eigenvalue weighted by Gasteiger charge is 2.27. The summed E-state index contributed by atoms with van der Waals surface area (Å²) < 4.78 is 0. The Kier molecular flexibility index (Phi) is 6.27. The first-order valence-electron chi connectivity index (χ1n) is 10.4. The molecule has 30 heavy (non-hydrogen) atoms. The second kappa shape index (κ2) is 9.25. The van der Waals surface area contributed by atoms with Crippen LogP contribution < -0.4 is 26.6 Å². The molecule has 1 fully saturated rings. The molecule has 1 saturated carbocycles. The molecule has 2 heterocycles. The lowest BCUT2D eigenvalue weighted by molar-refractivity contribution is -0.118. The molecule has 0 bridgehead atoms. The van der Waals surface area contributed by atoms with Crippen LogP contribution in [0.3, 0.4) is 0 Å². The van der Waals surface area contributed by atoms with Gasteiger partial charge in [0.1, 0.15) is 11.9 Å². The van der Waals surface area contributed by atoms with Gasteiger partial charge in [-0.2, -0.15) is 0 Å². The van der Waals surface area contributed by atoms with Crippen molar-refractivity contribution in [2.75, 3.05) is 11.6 Å². The SMILES string of the molecule is CCNC(O)c1ccc(N2C=C(C(=O)NC3CC3)NN2)c(CCc2ccccn2)c1.